The van der Waals surface area contributed by atoms with E-state index in [1.54, 1.807) is 49.5 Å². The van der Waals surface area contributed by atoms with E-state index in [9.17, 15) is 14.9 Å². The molecule has 29 heavy (non-hydrogen) atoms. The molecule has 1 heterocycles. The first-order valence-electron chi connectivity index (χ1n) is 8.74. The van der Waals surface area contributed by atoms with Crippen LogP contribution < -0.4 is 9.47 Å². The van der Waals surface area contributed by atoms with Gasteiger partial charge in [-0.3, -0.25) is 19.8 Å². The highest BCUT2D eigenvalue weighted by molar-refractivity contribution is 8.26. The van der Waals surface area contributed by atoms with Crippen LogP contribution in [0, 0.1) is 10.1 Å². The van der Waals surface area contributed by atoms with E-state index in [0.29, 0.717) is 32.9 Å². The number of rotatable bonds is 7. The minimum absolute atomic E-state index is 0.00340. The van der Waals surface area contributed by atoms with Gasteiger partial charge in [0.1, 0.15) is 10.9 Å². The predicted molar refractivity (Wildman–Crippen MR) is 116 cm³/mol. The van der Waals surface area contributed by atoms with E-state index in [-0.39, 0.29) is 18.2 Å². The first-order valence-corrected chi connectivity index (χ1v) is 9.96. The number of amides is 1. The van der Waals surface area contributed by atoms with Crippen molar-refractivity contribution in [2.75, 3.05) is 13.7 Å². The van der Waals surface area contributed by atoms with Crippen molar-refractivity contribution in [1.29, 1.82) is 0 Å². The number of ether oxygens (including phenoxy) is 2. The molecule has 0 bridgehead atoms. The van der Waals surface area contributed by atoms with Gasteiger partial charge in [-0.05, 0) is 36.8 Å². The van der Waals surface area contributed by atoms with Crippen LogP contribution in [-0.4, -0.2) is 33.7 Å². The number of para-hydroxylation sites is 1. The number of thioether (sulfide) groups is 1. The SMILES string of the molecule is CCOc1cc(C=C2SC(=S)N(C)C2=O)ccc1OCc1ccccc1[N+](=O)[O-]. The van der Waals surface area contributed by atoms with E-state index in [0.717, 1.165) is 5.56 Å². The Balaban J connectivity index is 1.83. The van der Waals surface area contributed by atoms with E-state index in [2.05, 4.69) is 0 Å². The number of nitrogens with zero attached hydrogens (tertiary/aromatic N) is 2. The van der Waals surface area contributed by atoms with Crippen molar-refractivity contribution in [3.05, 3.63) is 68.6 Å². The number of nitro groups is 1. The van der Waals surface area contributed by atoms with Gasteiger partial charge in [-0.25, -0.2) is 0 Å². The molecule has 150 valence electrons. The quantitative estimate of drug-likeness (QED) is 0.279. The Morgan fingerprint density at radius 3 is 2.62 bits per heavy atom. The monoisotopic (exact) mass is 430 g/mol. The summed E-state index contributed by atoms with van der Waals surface area (Å²) in [5, 5.41) is 11.2. The van der Waals surface area contributed by atoms with Gasteiger partial charge < -0.3 is 9.47 Å². The van der Waals surface area contributed by atoms with Crippen LogP contribution in [0.2, 0.25) is 0 Å². The molecular weight excluding hydrogens is 412 g/mol. The summed E-state index contributed by atoms with van der Waals surface area (Å²) in [7, 11) is 1.64. The summed E-state index contributed by atoms with van der Waals surface area (Å²) in [5.41, 5.74) is 1.24. The maximum absolute atomic E-state index is 12.2. The zero-order valence-electron chi connectivity index (χ0n) is 15.8. The van der Waals surface area contributed by atoms with Crippen LogP contribution in [0.25, 0.3) is 6.08 Å². The fourth-order valence-electron chi connectivity index (χ4n) is 2.67. The molecule has 0 spiro atoms. The second kappa shape index (κ2) is 9.06. The lowest BCUT2D eigenvalue weighted by Gasteiger charge is -2.13. The third-order valence-corrected chi connectivity index (χ3v) is 5.61. The Morgan fingerprint density at radius 2 is 1.97 bits per heavy atom. The molecule has 1 fully saturated rings. The maximum atomic E-state index is 12.2. The zero-order chi connectivity index (χ0) is 21.0. The number of nitro benzene ring substituents is 1. The van der Waals surface area contributed by atoms with Crippen LogP contribution >= 0.6 is 24.0 Å². The molecule has 0 N–H and O–H groups in total. The van der Waals surface area contributed by atoms with Gasteiger partial charge in [-0.2, -0.15) is 0 Å². The third kappa shape index (κ3) is 4.75. The van der Waals surface area contributed by atoms with Crippen LogP contribution in [0.4, 0.5) is 5.69 Å². The van der Waals surface area contributed by atoms with Gasteiger partial charge in [0.05, 0.1) is 22.0 Å². The minimum atomic E-state index is -0.435. The summed E-state index contributed by atoms with van der Waals surface area (Å²) in [6, 6.07) is 11.7. The topological polar surface area (TPSA) is 81.9 Å². The Hall–Kier alpha value is -2.91. The number of hydrogen-bond donors (Lipinski definition) is 0. The molecule has 0 radical (unpaired) electrons. The second-order valence-electron chi connectivity index (χ2n) is 6.05. The van der Waals surface area contributed by atoms with Crippen LogP contribution in [0.5, 0.6) is 11.5 Å². The molecule has 0 saturated carbocycles. The van der Waals surface area contributed by atoms with Gasteiger partial charge in [0.25, 0.3) is 11.6 Å². The number of benzene rings is 2. The van der Waals surface area contributed by atoms with Gasteiger partial charge in [-0.1, -0.05) is 42.2 Å². The molecule has 9 heteroatoms. The van der Waals surface area contributed by atoms with Crippen LogP contribution in [-0.2, 0) is 11.4 Å². The van der Waals surface area contributed by atoms with E-state index in [1.807, 2.05) is 6.92 Å². The van der Waals surface area contributed by atoms with Gasteiger partial charge in [0.2, 0.25) is 0 Å². The van der Waals surface area contributed by atoms with E-state index >= 15 is 0 Å². The molecule has 0 aromatic heterocycles. The molecule has 1 aliphatic rings. The number of carbonyl (C=O) groups is 1. The van der Waals surface area contributed by atoms with Crippen molar-refractivity contribution >= 4 is 46.0 Å². The average Bonchev–Trinajstić information content (AvgIpc) is 2.94. The summed E-state index contributed by atoms with van der Waals surface area (Å²) in [6.45, 7) is 2.30. The summed E-state index contributed by atoms with van der Waals surface area (Å²) < 4.78 is 12.0. The van der Waals surface area contributed by atoms with Crippen molar-refractivity contribution in [2.45, 2.75) is 13.5 Å². The Labute approximate surface area is 177 Å². The van der Waals surface area contributed by atoms with Gasteiger partial charge in [0.15, 0.2) is 11.5 Å². The van der Waals surface area contributed by atoms with Gasteiger partial charge in [-0.15, -0.1) is 0 Å². The minimum Gasteiger partial charge on any atom is -0.490 e. The maximum Gasteiger partial charge on any atom is 0.276 e. The Bertz CT molecular complexity index is 1010. The van der Waals surface area contributed by atoms with Crippen molar-refractivity contribution in [2.24, 2.45) is 0 Å². The molecule has 2 aromatic carbocycles. The predicted octanol–water partition coefficient (Wildman–Crippen LogP) is 4.40. The molecule has 7 nitrogen and oxygen atoms in total. The smallest absolute Gasteiger partial charge is 0.276 e. The highest BCUT2D eigenvalue weighted by atomic mass is 32.2. The van der Waals surface area contributed by atoms with E-state index in [1.165, 1.54) is 22.7 Å². The first kappa shape index (κ1) is 20.8. The third-order valence-electron chi connectivity index (χ3n) is 4.12. The van der Waals surface area contributed by atoms with Gasteiger partial charge in [0, 0.05) is 13.1 Å². The summed E-state index contributed by atoms with van der Waals surface area (Å²) in [4.78, 5) is 24.9. The number of hydrogen-bond acceptors (Lipinski definition) is 7. The summed E-state index contributed by atoms with van der Waals surface area (Å²) >= 11 is 6.39. The number of carbonyl (C=O) groups excluding carboxylic acids is 1. The van der Waals surface area contributed by atoms with Crippen molar-refractivity contribution in [1.82, 2.24) is 4.90 Å². The molecule has 0 unspecified atom stereocenters. The average molecular weight is 431 g/mol. The molecule has 1 amide bonds. The first-order chi connectivity index (χ1) is 13.9. The zero-order valence-corrected chi connectivity index (χ0v) is 17.4. The lowest BCUT2D eigenvalue weighted by molar-refractivity contribution is -0.385. The Morgan fingerprint density at radius 1 is 1.21 bits per heavy atom. The molecule has 0 aliphatic carbocycles. The second-order valence-corrected chi connectivity index (χ2v) is 7.73. The molecule has 3 rings (SSSR count). The molecule has 1 aliphatic heterocycles. The molecule has 2 aromatic rings. The van der Waals surface area contributed by atoms with E-state index in [4.69, 9.17) is 21.7 Å². The highest BCUT2D eigenvalue weighted by Crippen LogP contribution is 2.34. The normalized spacial score (nSPS) is 15.1. The fraction of sp³-hybridized carbons (Fsp3) is 0.200. The number of likely N-dealkylation sites (N-methyl/N-ethyl adjacent to an activating group) is 1. The standard InChI is InChI=1S/C20H18N2O5S2/c1-3-26-17-10-13(11-18-19(23)21(2)20(28)29-18)8-9-16(17)27-12-14-6-4-5-7-15(14)22(24)25/h4-11H,3,12H2,1-2H3. The largest absolute Gasteiger partial charge is 0.490 e. The van der Waals surface area contributed by atoms with Crippen LogP contribution in [0.1, 0.15) is 18.1 Å². The van der Waals surface area contributed by atoms with Crippen molar-refractivity contribution < 1.29 is 19.2 Å². The number of thiocarbonyl (C=S) groups is 1. The lowest BCUT2D eigenvalue weighted by Crippen LogP contribution is -2.22. The van der Waals surface area contributed by atoms with E-state index < -0.39 is 4.92 Å². The molecule has 1 saturated heterocycles. The van der Waals surface area contributed by atoms with Crippen LogP contribution in [0.15, 0.2) is 47.4 Å². The van der Waals surface area contributed by atoms with Crippen molar-refractivity contribution in [3.63, 3.8) is 0 Å². The fourth-order valence-corrected chi connectivity index (χ4v) is 3.84. The van der Waals surface area contributed by atoms with Crippen LogP contribution in [0.3, 0.4) is 0 Å². The summed E-state index contributed by atoms with van der Waals surface area (Å²) in [6.07, 6.45) is 1.75. The van der Waals surface area contributed by atoms with Gasteiger partial charge >= 0.3 is 0 Å². The Kier molecular flexibility index (Phi) is 6.50. The molecule has 0 atom stereocenters. The van der Waals surface area contributed by atoms with Crippen molar-refractivity contribution in [3.8, 4) is 11.5 Å². The molecular formula is C20H18N2O5S2. The highest BCUT2D eigenvalue weighted by Gasteiger charge is 2.28. The lowest BCUT2D eigenvalue weighted by atomic mass is 10.1. The summed E-state index contributed by atoms with van der Waals surface area (Å²) in [5.74, 6) is 0.812.